The van der Waals surface area contributed by atoms with Crippen molar-refractivity contribution in [2.75, 3.05) is 32.8 Å². The van der Waals surface area contributed by atoms with E-state index in [1.54, 1.807) is 0 Å². The molecule has 6 heteroatoms. The van der Waals surface area contributed by atoms with Crippen LogP contribution in [0.3, 0.4) is 0 Å². The summed E-state index contributed by atoms with van der Waals surface area (Å²) >= 11 is 3.50. The van der Waals surface area contributed by atoms with E-state index in [-0.39, 0.29) is 12.0 Å². The van der Waals surface area contributed by atoms with Crippen LogP contribution in [0, 0.1) is 0 Å². The standard InChI is InChI=1S/C22H27BrN2O3/c1-2-10-27-20-8-3-5-17(12-20)14-24-22(26)16-25-9-11-28-21(15-25)18-6-4-7-19(23)13-18/h3-8,12-13,21H,2,9-11,14-16H2,1H3,(H,24,26). The van der Waals surface area contributed by atoms with Crippen molar-refractivity contribution in [3.8, 4) is 5.75 Å². The number of rotatable bonds is 8. The van der Waals surface area contributed by atoms with Crippen molar-refractivity contribution in [1.29, 1.82) is 0 Å². The molecule has 1 N–H and O–H groups in total. The molecule has 1 amide bonds. The average Bonchev–Trinajstić information content (AvgIpc) is 2.71. The number of hydrogen-bond acceptors (Lipinski definition) is 4. The number of hydrogen-bond donors (Lipinski definition) is 1. The van der Waals surface area contributed by atoms with Crippen molar-refractivity contribution in [2.24, 2.45) is 0 Å². The fourth-order valence-electron chi connectivity index (χ4n) is 3.18. The third kappa shape index (κ3) is 6.33. The maximum absolute atomic E-state index is 12.4. The van der Waals surface area contributed by atoms with E-state index in [0.29, 0.717) is 32.8 Å². The van der Waals surface area contributed by atoms with Gasteiger partial charge in [0.1, 0.15) is 5.75 Å². The monoisotopic (exact) mass is 446 g/mol. The smallest absolute Gasteiger partial charge is 0.234 e. The molecule has 1 aliphatic heterocycles. The van der Waals surface area contributed by atoms with Crippen LogP contribution in [0.5, 0.6) is 5.75 Å². The van der Waals surface area contributed by atoms with Crippen LogP contribution in [0.1, 0.15) is 30.6 Å². The average molecular weight is 447 g/mol. The first-order valence-electron chi connectivity index (χ1n) is 9.72. The summed E-state index contributed by atoms with van der Waals surface area (Å²) < 4.78 is 12.6. The van der Waals surface area contributed by atoms with Crippen LogP contribution in [0.4, 0.5) is 0 Å². The Bertz CT molecular complexity index is 784. The van der Waals surface area contributed by atoms with E-state index in [0.717, 1.165) is 34.3 Å². The van der Waals surface area contributed by atoms with Crippen molar-refractivity contribution in [1.82, 2.24) is 10.2 Å². The van der Waals surface area contributed by atoms with E-state index >= 15 is 0 Å². The number of nitrogens with zero attached hydrogens (tertiary/aromatic N) is 1. The van der Waals surface area contributed by atoms with Crippen LogP contribution in [0.2, 0.25) is 0 Å². The van der Waals surface area contributed by atoms with Gasteiger partial charge in [0.25, 0.3) is 0 Å². The highest BCUT2D eigenvalue weighted by Crippen LogP contribution is 2.24. The van der Waals surface area contributed by atoms with E-state index in [1.807, 2.05) is 36.4 Å². The van der Waals surface area contributed by atoms with E-state index in [9.17, 15) is 4.79 Å². The number of morpholine rings is 1. The molecule has 0 radical (unpaired) electrons. The molecule has 150 valence electrons. The van der Waals surface area contributed by atoms with Crippen LogP contribution in [-0.2, 0) is 16.1 Å². The zero-order valence-electron chi connectivity index (χ0n) is 16.2. The summed E-state index contributed by atoms with van der Waals surface area (Å²) in [5, 5.41) is 3.01. The molecule has 5 nitrogen and oxygen atoms in total. The number of benzene rings is 2. The van der Waals surface area contributed by atoms with Gasteiger partial charge in [-0.05, 0) is 41.8 Å². The van der Waals surface area contributed by atoms with Crippen molar-refractivity contribution >= 4 is 21.8 Å². The fraction of sp³-hybridized carbons (Fsp3) is 0.409. The molecule has 3 rings (SSSR count). The van der Waals surface area contributed by atoms with Gasteiger partial charge < -0.3 is 14.8 Å². The van der Waals surface area contributed by atoms with Gasteiger partial charge in [-0.3, -0.25) is 9.69 Å². The molecule has 2 aromatic rings. The molecule has 2 aromatic carbocycles. The molecular formula is C22H27BrN2O3. The van der Waals surface area contributed by atoms with Gasteiger partial charge in [0.15, 0.2) is 0 Å². The van der Waals surface area contributed by atoms with Crippen LogP contribution < -0.4 is 10.1 Å². The summed E-state index contributed by atoms with van der Waals surface area (Å²) in [7, 11) is 0. The number of amides is 1. The lowest BCUT2D eigenvalue weighted by molar-refractivity contribution is -0.124. The Kier molecular flexibility index (Phi) is 7.89. The fourth-order valence-corrected chi connectivity index (χ4v) is 3.60. The van der Waals surface area contributed by atoms with E-state index in [1.165, 1.54) is 0 Å². The van der Waals surface area contributed by atoms with Gasteiger partial charge in [-0.25, -0.2) is 0 Å². The van der Waals surface area contributed by atoms with Gasteiger partial charge in [0, 0.05) is 24.1 Å². The molecular weight excluding hydrogens is 420 g/mol. The molecule has 1 unspecified atom stereocenters. The van der Waals surface area contributed by atoms with E-state index in [2.05, 4.69) is 45.2 Å². The lowest BCUT2D eigenvalue weighted by atomic mass is 10.1. The first-order chi connectivity index (χ1) is 13.6. The molecule has 1 fully saturated rings. The summed E-state index contributed by atoms with van der Waals surface area (Å²) in [6, 6.07) is 16.0. The SMILES string of the molecule is CCCOc1cccc(CNC(=O)CN2CCOC(c3cccc(Br)c3)C2)c1. The minimum atomic E-state index is -0.00792. The molecule has 1 heterocycles. The Hall–Kier alpha value is -1.89. The maximum atomic E-state index is 12.4. The highest BCUT2D eigenvalue weighted by molar-refractivity contribution is 9.10. The second kappa shape index (κ2) is 10.6. The van der Waals surface area contributed by atoms with Crippen LogP contribution >= 0.6 is 15.9 Å². The largest absolute Gasteiger partial charge is 0.494 e. The minimum absolute atomic E-state index is 0.00792. The van der Waals surface area contributed by atoms with Crippen LogP contribution in [0.15, 0.2) is 53.0 Å². The molecule has 1 saturated heterocycles. The molecule has 0 saturated carbocycles. The Morgan fingerprint density at radius 1 is 1.29 bits per heavy atom. The van der Waals surface area contributed by atoms with Crippen molar-refractivity contribution in [3.05, 3.63) is 64.1 Å². The molecule has 1 atom stereocenters. The van der Waals surface area contributed by atoms with Crippen molar-refractivity contribution < 1.29 is 14.3 Å². The number of carbonyl (C=O) groups excluding carboxylic acids is 1. The van der Waals surface area contributed by atoms with Gasteiger partial charge in [-0.2, -0.15) is 0 Å². The summed E-state index contributed by atoms with van der Waals surface area (Å²) in [5.41, 5.74) is 2.17. The topological polar surface area (TPSA) is 50.8 Å². The summed E-state index contributed by atoms with van der Waals surface area (Å²) in [5.74, 6) is 0.869. The molecule has 0 aliphatic carbocycles. The van der Waals surface area contributed by atoms with Crippen LogP contribution in [0.25, 0.3) is 0 Å². The van der Waals surface area contributed by atoms with Gasteiger partial charge in [0.05, 0.1) is 25.9 Å². The zero-order valence-corrected chi connectivity index (χ0v) is 17.8. The molecule has 28 heavy (non-hydrogen) atoms. The highest BCUT2D eigenvalue weighted by atomic mass is 79.9. The third-order valence-electron chi connectivity index (χ3n) is 4.60. The maximum Gasteiger partial charge on any atom is 0.234 e. The predicted octanol–water partition coefficient (Wildman–Crippen LogP) is 3.93. The first-order valence-corrected chi connectivity index (χ1v) is 10.5. The van der Waals surface area contributed by atoms with Crippen molar-refractivity contribution in [2.45, 2.75) is 26.0 Å². The van der Waals surface area contributed by atoms with Crippen molar-refractivity contribution in [3.63, 3.8) is 0 Å². The number of nitrogens with one attached hydrogen (secondary N) is 1. The first kappa shape index (κ1) is 20.8. The molecule has 0 bridgehead atoms. The third-order valence-corrected chi connectivity index (χ3v) is 5.09. The van der Waals surface area contributed by atoms with Gasteiger partial charge >= 0.3 is 0 Å². The second-order valence-corrected chi connectivity index (χ2v) is 7.84. The lowest BCUT2D eigenvalue weighted by Gasteiger charge is -2.32. The highest BCUT2D eigenvalue weighted by Gasteiger charge is 2.23. The number of ether oxygens (including phenoxy) is 2. The molecule has 0 aromatic heterocycles. The summed E-state index contributed by atoms with van der Waals surface area (Å²) in [6.07, 6.45) is 0.966. The molecule has 1 aliphatic rings. The van der Waals surface area contributed by atoms with Gasteiger partial charge in [-0.15, -0.1) is 0 Å². The predicted molar refractivity (Wildman–Crippen MR) is 113 cm³/mol. The second-order valence-electron chi connectivity index (χ2n) is 6.92. The number of carbonyl (C=O) groups is 1. The Morgan fingerprint density at radius 2 is 2.14 bits per heavy atom. The normalized spacial score (nSPS) is 17.3. The van der Waals surface area contributed by atoms with Gasteiger partial charge in [-0.1, -0.05) is 47.1 Å². The summed E-state index contributed by atoms with van der Waals surface area (Å²) in [6.45, 7) is 5.76. The van der Waals surface area contributed by atoms with E-state index < -0.39 is 0 Å². The lowest BCUT2D eigenvalue weighted by Crippen LogP contribution is -2.44. The number of halogens is 1. The Labute approximate surface area is 175 Å². The quantitative estimate of drug-likeness (QED) is 0.667. The Balaban J connectivity index is 1.48. The zero-order chi connectivity index (χ0) is 19.8. The summed E-state index contributed by atoms with van der Waals surface area (Å²) in [4.78, 5) is 14.6. The van der Waals surface area contributed by atoms with E-state index in [4.69, 9.17) is 9.47 Å². The van der Waals surface area contributed by atoms with Crippen LogP contribution in [-0.4, -0.2) is 43.7 Å². The Morgan fingerprint density at radius 3 is 2.96 bits per heavy atom. The van der Waals surface area contributed by atoms with Gasteiger partial charge in [0.2, 0.25) is 5.91 Å². The molecule has 0 spiro atoms. The minimum Gasteiger partial charge on any atom is -0.494 e.